The van der Waals surface area contributed by atoms with Crippen LogP contribution in [0.4, 0.5) is 0 Å². The molecule has 10 rings (SSSR count). The summed E-state index contributed by atoms with van der Waals surface area (Å²) in [4.78, 5) is 0. The lowest BCUT2D eigenvalue weighted by molar-refractivity contribution is 0.668. The molecule has 0 aliphatic heterocycles. The Morgan fingerprint density at radius 3 is 1.84 bits per heavy atom. The molecule has 0 bridgehead atoms. The van der Waals surface area contributed by atoms with E-state index in [0.29, 0.717) is 0 Å². The Kier molecular flexibility index (Phi) is 5.00. The highest BCUT2D eigenvalue weighted by Gasteiger charge is 2.17. The van der Waals surface area contributed by atoms with Crippen LogP contribution in [0, 0.1) is 0 Å². The molecule has 0 saturated heterocycles. The average Bonchev–Trinajstić information content (AvgIpc) is 3.77. The lowest BCUT2D eigenvalue weighted by Gasteiger charge is -2.08. The van der Waals surface area contributed by atoms with Gasteiger partial charge in [0.05, 0.1) is 11.0 Å². The van der Waals surface area contributed by atoms with E-state index in [1.807, 2.05) is 12.1 Å². The molecular weight excluding hydrogens is 550 g/mol. The molecule has 3 heteroatoms. The second kappa shape index (κ2) is 9.22. The maximum absolute atomic E-state index is 6.56. The third-order valence-electron chi connectivity index (χ3n) is 9.20. The van der Waals surface area contributed by atoms with Gasteiger partial charge in [-0.15, -0.1) is 0 Å². The van der Waals surface area contributed by atoms with Crippen molar-refractivity contribution in [3.8, 4) is 27.9 Å². The van der Waals surface area contributed by atoms with Gasteiger partial charge in [0.1, 0.15) is 22.3 Å². The average molecular weight is 576 g/mol. The van der Waals surface area contributed by atoms with Crippen LogP contribution in [0.25, 0.3) is 93.6 Å². The smallest absolute Gasteiger partial charge is 0.143 e. The van der Waals surface area contributed by atoms with Crippen molar-refractivity contribution < 1.29 is 8.83 Å². The molecule has 0 aliphatic rings. The van der Waals surface area contributed by atoms with Crippen molar-refractivity contribution in [2.45, 2.75) is 0 Å². The summed E-state index contributed by atoms with van der Waals surface area (Å²) >= 11 is 0. The summed E-state index contributed by atoms with van der Waals surface area (Å²) in [5, 5.41) is 6.96. The van der Waals surface area contributed by atoms with Crippen LogP contribution in [0.5, 0.6) is 0 Å². The maximum atomic E-state index is 6.56. The quantitative estimate of drug-likeness (QED) is 0.210. The Bertz CT molecular complexity index is 2760. The summed E-state index contributed by atoms with van der Waals surface area (Å²) in [6, 6.07) is 53.7. The number of hydrogen-bond acceptors (Lipinski definition) is 2. The SMILES string of the molecule is c1ccc(-n2c3ccccc3c3cc(-c4ccc5oc6c(-c7ccc8oc9ccccc9c8c7)cccc6c5c4)ccc32)cc1. The molecule has 0 fully saturated rings. The third-order valence-corrected chi connectivity index (χ3v) is 9.20. The molecule has 0 amide bonds. The summed E-state index contributed by atoms with van der Waals surface area (Å²) in [5.41, 5.74) is 11.7. The minimum absolute atomic E-state index is 0.887. The zero-order valence-electron chi connectivity index (χ0n) is 24.2. The highest BCUT2D eigenvalue weighted by atomic mass is 16.3. The molecule has 0 saturated carbocycles. The summed E-state index contributed by atoms with van der Waals surface area (Å²) in [6.45, 7) is 0. The fourth-order valence-electron chi connectivity index (χ4n) is 7.11. The van der Waals surface area contributed by atoms with Crippen LogP contribution in [-0.2, 0) is 0 Å². The van der Waals surface area contributed by atoms with Gasteiger partial charge in [-0.3, -0.25) is 0 Å². The Hall–Kier alpha value is -6.06. The first-order valence-corrected chi connectivity index (χ1v) is 15.3. The van der Waals surface area contributed by atoms with E-state index in [2.05, 4.69) is 144 Å². The van der Waals surface area contributed by atoms with E-state index in [9.17, 15) is 0 Å². The zero-order valence-corrected chi connectivity index (χ0v) is 24.2. The number of nitrogens with zero attached hydrogens (tertiary/aromatic N) is 1. The second-order valence-corrected chi connectivity index (χ2v) is 11.7. The first-order valence-electron chi connectivity index (χ1n) is 15.3. The van der Waals surface area contributed by atoms with E-state index >= 15 is 0 Å². The van der Waals surface area contributed by atoms with Crippen molar-refractivity contribution in [3.05, 3.63) is 152 Å². The van der Waals surface area contributed by atoms with Gasteiger partial charge >= 0.3 is 0 Å². The van der Waals surface area contributed by atoms with Crippen molar-refractivity contribution in [2.24, 2.45) is 0 Å². The number of rotatable bonds is 3. The van der Waals surface area contributed by atoms with Gasteiger partial charge in [-0.25, -0.2) is 0 Å². The van der Waals surface area contributed by atoms with Gasteiger partial charge in [0.15, 0.2) is 0 Å². The number of hydrogen-bond donors (Lipinski definition) is 0. The molecule has 3 nitrogen and oxygen atoms in total. The fraction of sp³-hybridized carbons (Fsp3) is 0. The summed E-state index contributed by atoms with van der Waals surface area (Å²) in [6.07, 6.45) is 0. The first-order chi connectivity index (χ1) is 22.3. The topological polar surface area (TPSA) is 31.2 Å². The summed E-state index contributed by atoms with van der Waals surface area (Å²) < 4.78 is 15.0. The molecule has 0 spiro atoms. The number of furan rings is 2. The van der Waals surface area contributed by atoms with Crippen LogP contribution in [0.3, 0.4) is 0 Å². The predicted molar refractivity (Wildman–Crippen MR) is 186 cm³/mol. The largest absolute Gasteiger partial charge is 0.456 e. The third kappa shape index (κ3) is 3.58. The van der Waals surface area contributed by atoms with E-state index in [1.165, 1.54) is 38.6 Å². The van der Waals surface area contributed by atoms with Crippen molar-refractivity contribution in [3.63, 3.8) is 0 Å². The van der Waals surface area contributed by atoms with Crippen LogP contribution < -0.4 is 0 Å². The molecule has 45 heavy (non-hydrogen) atoms. The number of fused-ring (bicyclic) bond motifs is 9. The van der Waals surface area contributed by atoms with Crippen molar-refractivity contribution in [1.82, 2.24) is 4.57 Å². The molecule has 0 radical (unpaired) electrons. The fourth-order valence-corrected chi connectivity index (χ4v) is 7.11. The van der Waals surface area contributed by atoms with E-state index < -0.39 is 0 Å². The maximum Gasteiger partial charge on any atom is 0.143 e. The van der Waals surface area contributed by atoms with Crippen LogP contribution in [0.1, 0.15) is 0 Å². The lowest BCUT2D eigenvalue weighted by Crippen LogP contribution is -1.92. The number of aromatic nitrogens is 1. The van der Waals surface area contributed by atoms with Gasteiger partial charge in [-0.1, -0.05) is 91.0 Å². The number of para-hydroxylation sites is 4. The molecule has 3 heterocycles. The standard InChI is InChI=1S/C42H25NO2/c1-2-9-29(10-3-1)43-37-15-6-4-11-31(37)34-23-26(17-20-38(34)43)27-18-21-41-36(24-27)33-14-8-13-30(42(33)45-41)28-19-22-40-35(25-28)32-12-5-7-16-39(32)44-40/h1-25H. The van der Waals surface area contributed by atoms with Crippen molar-refractivity contribution in [2.75, 3.05) is 0 Å². The lowest BCUT2D eigenvalue weighted by atomic mass is 9.98. The van der Waals surface area contributed by atoms with E-state index in [1.54, 1.807) is 0 Å². The monoisotopic (exact) mass is 575 g/mol. The zero-order chi connectivity index (χ0) is 29.5. The van der Waals surface area contributed by atoms with Crippen LogP contribution in [0.2, 0.25) is 0 Å². The normalized spacial score (nSPS) is 12.0. The summed E-state index contributed by atoms with van der Waals surface area (Å²) in [7, 11) is 0. The molecule has 0 aliphatic carbocycles. The molecule has 7 aromatic carbocycles. The second-order valence-electron chi connectivity index (χ2n) is 11.7. The van der Waals surface area contributed by atoms with Gasteiger partial charge in [0.2, 0.25) is 0 Å². The van der Waals surface area contributed by atoms with Crippen molar-refractivity contribution >= 4 is 65.7 Å². The van der Waals surface area contributed by atoms with Crippen LogP contribution in [-0.4, -0.2) is 4.57 Å². The highest BCUT2D eigenvalue weighted by Crippen LogP contribution is 2.40. The minimum atomic E-state index is 0.887. The van der Waals surface area contributed by atoms with Gasteiger partial charge in [0.25, 0.3) is 0 Å². The Balaban J connectivity index is 1.13. The van der Waals surface area contributed by atoms with Crippen LogP contribution in [0.15, 0.2) is 160 Å². The molecule has 3 aromatic heterocycles. The van der Waals surface area contributed by atoms with E-state index in [0.717, 1.165) is 55.0 Å². The van der Waals surface area contributed by atoms with Gasteiger partial charge in [-0.05, 0) is 77.4 Å². The molecule has 0 unspecified atom stereocenters. The first kappa shape index (κ1) is 24.4. The summed E-state index contributed by atoms with van der Waals surface area (Å²) in [5.74, 6) is 0. The van der Waals surface area contributed by atoms with Crippen LogP contribution >= 0.6 is 0 Å². The van der Waals surface area contributed by atoms with Gasteiger partial charge in [0, 0.05) is 43.6 Å². The van der Waals surface area contributed by atoms with Gasteiger partial charge < -0.3 is 13.4 Å². The van der Waals surface area contributed by atoms with E-state index in [-0.39, 0.29) is 0 Å². The Morgan fingerprint density at radius 2 is 0.956 bits per heavy atom. The Labute approximate surface area is 258 Å². The molecule has 10 aromatic rings. The van der Waals surface area contributed by atoms with Crippen molar-refractivity contribution in [1.29, 1.82) is 0 Å². The number of benzene rings is 7. The minimum Gasteiger partial charge on any atom is -0.456 e. The predicted octanol–water partition coefficient (Wildman–Crippen LogP) is 11.9. The molecular formula is C42H25NO2. The van der Waals surface area contributed by atoms with E-state index in [4.69, 9.17) is 8.83 Å². The Morgan fingerprint density at radius 1 is 0.356 bits per heavy atom. The van der Waals surface area contributed by atoms with Gasteiger partial charge in [-0.2, -0.15) is 0 Å². The highest BCUT2D eigenvalue weighted by molar-refractivity contribution is 6.13. The molecule has 0 atom stereocenters. The molecule has 0 N–H and O–H groups in total. The molecule has 210 valence electrons.